The third kappa shape index (κ3) is 2.37. The monoisotopic (exact) mass is 261 g/mol. The molecule has 19 heavy (non-hydrogen) atoms. The Morgan fingerprint density at radius 2 is 2.11 bits per heavy atom. The van der Waals surface area contributed by atoms with Crippen molar-refractivity contribution in [1.29, 1.82) is 0 Å². The van der Waals surface area contributed by atoms with Crippen LogP contribution in [0.2, 0.25) is 0 Å². The van der Waals surface area contributed by atoms with Gasteiger partial charge in [0.2, 0.25) is 0 Å². The Balaban J connectivity index is 1.94. The third-order valence-corrected chi connectivity index (χ3v) is 4.28. The number of nitrogens with two attached hydrogens (primary N) is 1. The summed E-state index contributed by atoms with van der Waals surface area (Å²) in [4.78, 5) is 0. The predicted molar refractivity (Wildman–Crippen MR) is 75.3 cm³/mol. The lowest BCUT2D eigenvalue weighted by Gasteiger charge is -2.48. The number of aryl methyl sites for hydroxylation is 1. The first-order valence-corrected chi connectivity index (χ1v) is 7.08. The minimum absolute atomic E-state index is 0.0672. The lowest BCUT2D eigenvalue weighted by atomic mass is 9.77. The molecule has 1 saturated heterocycles. The van der Waals surface area contributed by atoms with Crippen LogP contribution in [0.4, 0.5) is 0 Å². The maximum Gasteiger partial charge on any atom is 0.124 e. The summed E-state index contributed by atoms with van der Waals surface area (Å²) in [5.74, 6) is 0.960. The number of rotatable bonds is 0. The van der Waals surface area contributed by atoms with Crippen LogP contribution in [-0.4, -0.2) is 17.8 Å². The first-order chi connectivity index (χ1) is 8.89. The number of fused-ring (bicyclic) bond motifs is 1. The van der Waals surface area contributed by atoms with Crippen molar-refractivity contribution in [3.8, 4) is 5.75 Å². The predicted octanol–water partition coefficient (Wildman–Crippen LogP) is 3.11. The minimum atomic E-state index is -0.149. The Hall–Kier alpha value is -1.06. The summed E-state index contributed by atoms with van der Waals surface area (Å²) in [6.07, 6.45) is 2.72. The van der Waals surface area contributed by atoms with E-state index >= 15 is 0 Å². The molecule has 2 aliphatic rings. The first-order valence-electron chi connectivity index (χ1n) is 7.08. The van der Waals surface area contributed by atoms with E-state index < -0.39 is 0 Å². The second-order valence-corrected chi connectivity index (χ2v) is 6.67. The maximum absolute atomic E-state index is 6.39. The average Bonchev–Trinajstić information content (AvgIpc) is 2.29. The van der Waals surface area contributed by atoms with E-state index in [1.54, 1.807) is 0 Å². The molecule has 2 atom stereocenters. The summed E-state index contributed by atoms with van der Waals surface area (Å²) in [7, 11) is 0. The molecule has 2 heterocycles. The fourth-order valence-electron chi connectivity index (χ4n) is 3.53. The highest BCUT2D eigenvalue weighted by Gasteiger charge is 2.46. The number of hydrogen-bond acceptors (Lipinski definition) is 3. The van der Waals surface area contributed by atoms with Crippen molar-refractivity contribution in [2.75, 3.05) is 6.61 Å². The van der Waals surface area contributed by atoms with Crippen LogP contribution in [0, 0.1) is 6.92 Å². The molecule has 1 spiro atoms. The van der Waals surface area contributed by atoms with E-state index in [1.807, 2.05) is 0 Å². The van der Waals surface area contributed by atoms with E-state index in [2.05, 4.69) is 39.0 Å². The highest BCUT2D eigenvalue weighted by molar-refractivity contribution is 5.41. The van der Waals surface area contributed by atoms with Crippen molar-refractivity contribution in [3.63, 3.8) is 0 Å². The number of hydrogen-bond donors (Lipinski definition) is 1. The Kier molecular flexibility index (Phi) is 2.88. The van der Waals surface area contributed by atoms with Gasteiger partial charge in [0, 0.05) is 30.9 Å². The van der Waals surface area contributed by atoms with Gasteiger partial charge >= 0.3 is 0 Å². The topological polar surface area (TPSA) is 44.5 Å². The lowest BCUT2D eigenvalue weighted by molar-refractivity contribution is -0.141. The van der Waals surface area contributed by atoms with Crippen LogP contribution >= 0.6 is 0 Å². The van der Waals surface area contributed by atoms with Crippen molar-refractivity contribution in [2.45, 2.75) is 57.3 Å². The molecule has 0 amide bonds. The average molecular weight is 261 g/mol. The van der Waals surface area contributed by atoms with E-state index in [-0.39, 0.29) is 17.2 Å². The molecule has 1 aromatic rings. The third-order valence-electron chi connectivity index (χ3n) is 4.28. The molecule has 2 aliphatic heterocycles. The van der Waals surface area contributed by atoms with Gasteiger partial charge in [-0.05, 0) is 26.8 Å². The number of ether oxygens (including phenoxy) is 2. The summed E-state index contributed by atoms with van der Waals surface area (Å²) in [5.41, 5.74) is 8.50. The molecule has 0 radical (unpaired) electrons. The molecule has 3 rings (SSSR count). The SMILES string of the molecule is Cc1ccc2c(c1)[C@H](N)CC1(CCOC(C)(C)C1)O2. The zero-order valence-corrected chi connectivity index (χ0v) is 12.0. The van der Waals surface area contributed by atoms with Gasteiger partial charge in [0.05, 0.1) is 12.2 Å². The molecular weight excluding hydrogens is 238 g/mol. The van der Waals surface area contributed by atoms with Crippen molar-refractivity contribution in [3.05, 3.63) is 29.3 Å². The normalized spacial score (nSPS) is 32.7. The fourth-order valence-corrected chi connectivity index (χ4v) is 3.53. The van der Waals surface area contributed by atoms with Gasteiger partial charge in [0.15, 0.2) is 0 Å². The van der Waals surface area contributed by atoms with Crippen molar-refractivity contribution in [2.24, 2.45) is 5.73 Å². The summed E-state index contributed by atoms with van der Waals surface area (Å²) in [5, 5.41) is 0. The summed E-state index contributed by atoms with van der Waals surface area (Å²) >= 11 is 0. The van der Waals surface area contributed by atoms with Gasteiger partial charge < -0.3 is 15.2 Å². The van der Waals surface area contributed by atoms with E-state index in [9.17, 15) is 0 Å². The van der Waals surface area contributed by atoms with Crippen LogP contribution in [0.25, 0.3) is 0 Å². The van der Waals surface area contributed by atoms with Crippen LogP contribution in [-0.2, 0) is 4.74 Å². The summed E-state index contributed by atoms with van der Waals surface area (Å²) in [6.45, 7) is 7.11. The Morgan fingerprint density at radius 3 is 2.84 bits per heavy atom. The fraction of sp³-hybridized carbons (Fsp3) is 0.625. The molecule has 1 unspecified atom stereocenters. The largest absolute Gasteiger partial charge is 0.487 e. The maximum atomic E-state index is 6.39. The van der Waals surface area contributed by atoms with Crippen LogP contribution in [0.5, 0.6) is 5.75 Å². The Labute approximate surface area is 115 Å². The molecule has 2 N–H and O–H groups in total. The molecule has 0 aliphatic carbocycles. The van der Waals surface area contributed by atoms with Crippen LogP contribution < -0.4 is 10.5 Å². The van der Waals surface area contributed by atoms with Gasteiger partial charge in [0.1, 0.15) is 11.4 Å². The molecule has 1 aromatic carbocycles. The smallest absolute Gasteiger partial charge is 0.124 e. The van der Waals surface area contributed by atoms with Crippen molar-refractivity contribution < 1.29 is 9.47 Å². The standard InChI is InChI=1S/C16H23NO2/c1-11-4-5-14-12(8-11)13(17)9-16(19-14)6-7-18-15(2,3)10-16/h4-5,8,13H,6-7,9-10,17H2,1-3H3/t13-,16?/m1/s1. The minimum Gasteiger partial charge on any atom is -0.487 e. The number of benzene rings is 1. The van der Waals surface area contributed by atoms with Gasteiger partial charge in [-0.3, -0.25) is 0 Å². The quantitative estimate of drug-likeness (QED) is 0.780. The molecular formula is C16H23NO2. The highest BCUT2D eigenvalue weighted by atomic mass is 16.5. The van der Waals surface area contributed by atoms with Crippen LogP contribution in [0.1, 0.15) is 50.3 Å². The van der Waals surface area contributed by atoms with E-state index in [0.717, 1.165) is 37.2 Å². The molecule has 1 fully saturated rings. The molecule has 0 aromatic heterocycles. The molecule has 104 valence electrons. The van der Waals surface area contributed by atoms with Crippen molar-refractivity contribution >= 4 is 0 Å². The van der Waals surface area contributed by atoms with E-state index in [1.165, 1.54) is 5.56 Å². The summed E-state index contributed by atoms with van der Waals surface area (Å²) < 4.78 is 12.2. The zero-order chi connectivity index (χ0) is 13.7. The van der Waals surface area contributed by atoms with Gasteiger partial charge in [-0.25, -0.2) is 0 Å². The van der Waals surface area contributed by atoms with Crippen LogP contribution in [0.15, 0.2) is 18.2 Å². The van der Waals surface area contributed by atoms with Crippen molar-refractivity contribution in [1.82, 2.24) is 0 Å². The van der Waals surface area contributed by atoms with Gasteiger partial charge in [-0.1, -0.05) is 17.7 Å². The molecule has 3 nitrogen and oxygen atoms in total. The zero-order valence-electron chi connectivity index (χ0n) is 12.0. The van der Waals surface area contributed by atoms with Gasteiger partial charge in [-0.2, -0.15) is 0 Å². The molecule has 0 bridgehead atoms. The van der Waals surface area contributed by atoms with Gasteiger partial charge in [0.25, 0.3) is 0 Å². The van der Waals surface area contributed by atoms with Gasteiger partial charge in [-0.15, -0.1) is 0 Å². The van der Waals surface area contributed by atoms with Crippen LogP contribution in [0.3, 0.4) is 0 Å². The summed E-state index contributed by atoms with van der Waals surface area (Å²) in [6, 6.07) is 6.37. The second kappa shape index (κ2) is 4.22. The second-order valence-electron chi connectivity index (χ2n) is 6.67. The first kappa shape index (κ1) is 12.9. The van der Waals surface area contributed by atoms with E-state index in [0.29, 0.717) is 0 Å². The highest BCUT2D eigenvalue weighted by Crippen LogP contribution is 2.46. The lowest BCUT2D eigenvalue weighted by Crippen LogP contribution is -2.52. The molecule has 3 heteroatoms. The molecule has 0 saturated carbocycles. The van der Waals surface area contributed by atoms with E-state index in [4.69, 9.17) is 15.2 Å². The Morgan fingerprint density at radius 1 is 1.32 bits per heavy atom. The Bertz CT molecular complexity index is 498.